The van der Waals surface area contributed by atoms with Crippen LogP contribution in [0.1, 0.15) is 17.0 Å². The number of alkyl halides is 1. The van der Waals surface area contributed by atoms with Crippen LogP contribution in [0.15, 0.2) is 42.5 Å². The van der Waals surface area contributed by atoms with Crippen LogP contribution in [-0.4, -0.2) is 40.2 Å². The molecule has 6 heteroatoms. The highest BCUT2D eigenvalue weighted by Gasteiger charge is 2.33. The Morgan fingerprint density at radius 1 is 1.23 bits per heavy atom. The summed E-state index contributed by atoms with van der Waals surface area (Å²) >= 11 is 5.91. The molecular formula is C20H21ClFN3O. The fourth-order valence-electron chi connectivity index (χ4n) is 3.37. The third-order valence-electron chi connectivity index (χ3n) is 4.71. The van der Waals surface area contributed by atoms with Gasteiger partial charge in [0.1, 0.15) is 24.7 Å². The first-order chi connectivity index (χ1) is 12.6. The van der Waals surface area contributed by atoms with E-state index in [0.717, 1.165) is 22.4 Å². The minimum Gasteiger partial charge on any atom is -0.366 e. The van der Waals surface area contributed by atoms with E-state index in [4.69, 9.17) is 16.3 Å². The molecule has 0 amide bonds. The molecule has 4 rings (SSSR count). The summed E-state index contributed by atoms with van der Waals surface area (Å²) in [7, 11) is 0. The van der Waals surface area contributed by atoms with E-state index in [9.17, 15) is 4.39 Å². The van der Waals surface area contributed by atoms with Gasteiger partial charge in [0.05, 0.1) is 11.0 Å². The first-order valence-corrected chi connectivity index (χ1v) is 9.12. The van der Waals surface area contributed by atoms with Gasteiger partial charge >= 0.3 is 0 Å². The molecule has 2 heterocycles. The maximum atomic E-state index is 14.3. The van der Waals surface area contributed by atoms with Gasteiger partial charge in [0.25, 0.3) is 0 Å². The largest absolute Gasteiger partial charge is 0.366 e. The second-order valence-corrected chi connectivity index (χ2v) is 7.33. The van der Waals surface area contributed by atoms with Crippen LogP contribution >= 0.6 is 11.6 Å². The highest BCUT2D eigenvalue weighted by atomic mass is 35.5. The number of ether oxygens (including phenoxy) is 1. The number of hydrogen-bond donors (Lipinski definition) is 1. The number of fused-ring (bicyclic) bond motifs is 1. The van der Waals surface area contributed by atoms with Gasteiger partial charge in [-0.25, -0.2) is 9.37 Å². The van der Waals surface area contributed by atoms with E-state index in [-0.39, 0.29) is 6.61 Å². The maximum absolute atomic E-state index is 14.3. The summed E-state index contributed by atoms with van der Waals surface area (Å²) in [5.41, 5.74) is 4.18. The Bertz CT molecular complexity index is 896. The number of nitrogens with one attached hydrogen (secondary N) is 1. The van der Waals surface area contributed by atoms with E-state index in [0.29, 0.717) is 24.7 Å². The SMILES string of the molecule is Cc1ccc2nc(COC3CN(Cc4ccc(Cl)cc4)CC3F)[nH]c2c1. The Kier molecular flexibility index (Phi) is 4.94. The molecule has 1 saturated heterocycles. The summed E-state index contributed by atoms with van der Waals surface area (Å²) in [5, 5.41) is 0.709. The minimum atomic E-state index is -0.992. The van der Waals surface area contributed by atoms with E-state index in [1.807, 2.05) is 49.4 Å². The first kappa shape index (κ1) is 17.5. The van der Waals surface area contributed by atoms with Crippen LogP contribution in [0.3, 0.4) is 0 Å². The highest BCUT2D eigenvalue weighted by Crippen LogP contribution is 2.21. The average molecular weight is 374 g/mol. The fraction of sp³-hybridized carbons (Fsp3) is 0.350. The molecule has 0 radical (unpaired) electrons. The molecule has 0 spiro atoms. The molecular weight excluding hydrogens is 353 g/mol. The molecule has 2 unspecified atom stereocenters. The maximum Gasteiger partial charge on any atom is 0.140 e. The van der Waals surface area contributed by atoms with E-state index in [1.165, 1.54) is 5.56 Å². The number of nitrogens with zero attached hydrogens (tertiary/aromatic N) is 2. The van der Waals surface area contributed by atoms with Gasteiger partial charge in [-0.15, -0.1) is 0 Å². The number of benzene rings is 2. The summed E-state index contributed by atoms with van der Waals surface area (Å²) in [6.45, 7) is 3.97. The number of rotatable bonds is 5. The number of aromatic nitrogens is 2. The summed E-state index contributed by atoms with van der Waals surface area (Å²) < 4.78 is 20.2. The Hall–Kier alpha value is -1.95. The van der Waals surface area contributed by atoms with Crippen LogP contribution in [-0.2, 0) is 17.9 Å². The summed E-state index contributed by atoms with van der Waals surface area (Å²) in [4.78, 5) is 9.82. The van der Waals surface area contributed by atoms with Crippen molar-refractivity contribution < 1.29 is 9.13 Å². The molecule has 1 aromatic heterocycles. The van der Waals surface area contributed by atoms with Crippen molar-refractivity contribution in [2.75, 3.05) is 13.1 Å². The normalized spacial score (nSPS) is 20.9. The van der Waals surface area contributed by atoms with Gasteiger partial charge < -0.3 is 9.72 Å². The molecule has 1 aliphatic rings. The molecule has 3 aromatic rings. The van der Waals surface area contributed by atoms with Crippen LogP contribution in [0.2, 0.25) is 5.02 Å². The summed E-state index contributed by atoms with van der Waals surface area (Å²) in [5.74, 6) is 0.731. The molecule has 0 saturated carbocycles. The molecule has 2 atom stereocenters. The highest BCUT2D eigenvalue weighted by molar-refractivity contribution is 6.30. The number of hydrogen-bond acceptors (Lipinski definition) is 3. The van der Waals surface area contributed by atoms with Crippen molar-refractivity contribution in [3.8, 4) is 0 Å². The van der Waals surface area contributed by atoms with Gasteiger partial charge in [-0.05, 0) is 42.3 Å². The van der Waals surface area contributed by atoms with Crippen LogP contribution in [0.5, 0.6) is 0 Å². The number of halogens is 2. The predicted molar refractivity (Wildman–Crippen MR) is 101 cm³/mol. The van der Waals surface area contributed by atoms with Gasteiger partial charge in [0.15, 0.2) is 0 Å². The zero-order chi connectivity index (χ0) is 18.1. The summed E-state index contributed by atoms with van der Waals surface area (Å²) in [6.07, 6.45) is -1.42. The van der Waals surface area contributed by atoms with Crippen molar-refractivity contribution in [1.82, 2.24) is 14.9 Å². The van der Waals surface area contributed by atoms with Crippen molar-refractivity contribution in [3.05, 3.63) is 64.4 Å². The molecule has 1 fully saturated rings. The van der Waals surface area contributed by atoms with Crippen molar-refractivity contribution in [2.45, 2.75) is 32.4 Å². The molecule has 136 valence electrons. The Morgan fingerprint density at radius 2 is 2.04 bits per heavy atom. The molecule has 2 aromatic carbocycles. The van der Waals surface area contributed by atoms with Gasteiger partial charge in [0, 0.05) is 24.7 Å². The average Bonchev–Trinajstić information content (AvgIpc) is 3.17. The Morgan fingerprint density at radius 3 is 2.85 bits per heavy atom. The predicted octanol–water partition coefficient (Wildman–Crippen LogP) is 4.26. The molecule has 1 N–H and O–H groups in total. The number of aryl methyl sites for hydroxylation is 1. The monoisotopic (exact) mass is 373 g/mol. The van der Waals surface area contributed by atoms with Crippen LogP contribution in [0, 0.1) is 6.92 Å². The molecule has 4 nitrogen and oxygen atoms in total. The van der Waals surface area contributed by atoms with Gasteiger partial charge in [-0.2, -0.15) is 0 Å². The Labute approximate surface area is 156 Å². The van der Waals surface area contributed by atoms with Gasteiger partial charge in [-0.3, -0.25) is 4.90 Å². The first-order valence-electron chi connectivity index (χ1n) is 8.74. The molecule has 0 bridgehead atoms. The van der Waals surface area contributed by atoms with Crippen LogP contribution < -0.4 is 0 Å². The third-order valence-corrected chi connectivity index (χ3v) is 4.97. The zero-order valence-electron chi connectivity index (χ0n) is 14.6. The lowest BCUT2D eigenvalue weighted by molar-refractivity contribution is 0.00864. The number of imidazole rings is 1. The van der Waals surface area contributed by atoms with Crippen LogP contribution in [0.25, 0.3) is 11.0 Å². The molecule has 26 heavy (non-hydrogen) atoms. The lowest BCUT2D eigenvalue weighted by atomic mass is 10.2. The van der Waals surface area contributed by atoms with E-state index in [1.54, 1.807) is 0 Å². The van der Waals surface area contributed by atoms with Gasteiger partial charge in [0.2, 0.25) is 0 Å². The van der Waals surface area contributed by atoms with E-state index < -0.39 is 12.3 Å². The van der Waals surface area contributed by atoms with E-state index in [2.05, 4.69) is 14.9 Å². The number of aromatic amines is 1. The topological polar surface area (TPSA) is 41.1 Å². The minimum absolute atomic E-state index is 0.285. The Balaban J connectivity index is 1.35. The van der Waals surface area contributed by atoms with Crippen molar-refractivity contribution in [1.29, 1.82) is 0 Å². The third kappa shape index (κ3) is 3.90. The summed E-state index contributed by atoms with van der Waals surface area (Å²) in [6, 6.07) is 13.7. The molecule has 0 aliphatic carbocycles. The molecule has 1 aliphatic heterocycles. The number of likely N-dealkylation sites (tertiary alicyclic amines) is 1. The van der Waals surface area contributed by atoms with Crippen LogP contribution in [0.4, 0.5) is 4.39 Å². The van der Waals surface area contributed by atoms with Crippen molar-refractivity contribution in [2.24, 2.45) is 0 Å². The standard InChI is InChI=1S/C20H21ClFN3O/c1-13-2-7-17-18(8-13)24-20(23-17)12-26-19-11-25(10-16(19)22)9-14-3-5-15(21)6-4-14/h2-8,16,19H,9-12H2,1H3,(H,23,24). The number of H-pyrrole nitrogens is 1. The zero-order valence-corrected chi connectivity index (χ0v) is 15.3. The second-order valence-electron chi connectivity index (χ2n) is 6.89. The lowest BCUT2D eigenvalue weighted by Crippen LogP contribution is -2.24. The smallest absolute Gasteiger partial charge is 0.140 e. The van der Waals surface area contributed by atoms with E-state index >= 15 is 0 Å². The van der Waals surface area contributed by atoms with Crippen molar-refractivity contribution >= 4 is 22.6 Å². The lowest BCUT2D eigenvalue weighted by Gasteiger charge is -2.15. The second kappa shape index (κ2) is 7.35. The van der Waals surface area contributed by atoms with Gasteiger partial charge in [-0.1, -0.05) is 29.8 Å². The fourth-order valence-corrected chi connectivity index (χ4v) is 3.50. The quantitative estimate of drug-likeness (QED) is 0.726. The van der Waals surface area contributed by atoms with Crippen molar-refractivity contribution in [3.63, 3.8) is 0 Å².